The van der Waals surface area contributed by atoms with Crippen LogP contribution in [0.25, 0.3) is 0 Å². The van der Waals surface area contributed by atoms with E-state index in [1.807, 2.05) is 6.92 Å². The monoisotopic (exact) mass is 276 g/mol. The zero-order chi connectivity index (χ0) is 12.4. The van der Waals surface area contributed by atoms with E-state index in [0.29, 0.717) is 19.6 Å². The second-order valence-corrected chi connectivity index (χ2v) is 4.23. The minimum Gasteiger partial charge on any atom is -0.336 e. The first-order chi connectivity index (χ1) is 8.08. The van der Waals surface area contributed by atoms with Crippen molar-refractivity contribution in [3.63, 3.8) is 0 Å². The van der Waals surface area contributed by atoms with Gasteiger partial charge in [0.1, 0.15) is 11.6 Å². The number of carbonyl (C=O) groups excluding carboxylic acids is 1. The molecule has 1 aliphatic rings. The smallest absolute Gasteiger partial charge is 0.256 e. The molecule has 1 N–H and O–H groups in total. The molecular formula is C12H15ClF2N2O. The highest BCUT2D eigenvalue weighted by Crippen LogP contribution is 2.13. The summed E-state index contributed by atoms with van der Waals surface area (Å²) in [6.07, 6.45) is 0. The predicted molar refractivity (Wildman–Crippen MR) is 67.0 cm³/mol. The van der Waals surface area contributed by atoms with Crippen LogP contribution in [0.1, 0.15) is 17.3 Å². The molecule has 0 bridgehead atoms. The van der Waals surface area contributed by atoms with Crippen molar-refractivity contribution in [3.05, 3.63) is 35.4 Å². The Labute approximate surface area is 111 Å². The van der Waals surface area contributed by atoms with E-state index in [1.54, 1.807) is 4.90 Å². The first kappa shape index (κ1) is 14.9. The lowest BCUT2D eigenvalue weighted by Crippen LogP contribution is -2.51. The Morgan fingerprint density at radius 3 is 2.78 bits per heavy atom. The lowest BCUT2D eigenvalue weighted by Gasteiger charge is -2.32. The molecule has 0 aromatic heterocycles. The van der Waals surface area contributed by atoms with Crippen LogP contribution in [0.3, 0.4) is 0 Å². The lowest BCUT2D eigenvalue weighted by atomic mass is 10.1. The Balaban J connectivity index is 0.00000162. The van der Waals surface area contributed by atoms with E-state index in [4.69, 9.17) is 0 Å². The van der Waals surface area contributed by atoms with Gasteiger partial charge in [-0.3, -0.25) is 4.79 Å². The lowest BCUT2D eigenvalue weighted by molar-refractivity contribution is 0.0704. The molecule has 0 spiro atoms. The highest BCUT2D eigenvalue weighted by Gasteiger charge is 2.23. The Kier molecular flexibility index (Phi) is 5.04. The maximum atomic E-state index is 13.4. The standard InChI is InChI=1S/C12H14F2N2O.ClH/c1-8-7-16(5-4-15-8)12(17)10-3-2-9(13)6-11(10)14;/h2-3,6,8,15H,4-5,7H2,1H3;1H/t8-;/m1./s1. The number of amides is 1. The zero-order valence-corrected chi connectivity index (χ0v) is 10.8. The van der Waals surface area contributed by atoms with Crippen molar-refractivity contribution < 1.29 is 13.6 Å². The Hall–Kier alpha value is -1.20. The fraction of sp³-hybridized carbons (Fsp3) is 0.417. The first-order valence-electron chi connectivity index (χ1n) is 5.55. The van der Waals surface area contributed by atoms with Crippen LogP contribution < -0.4 is 5.32 Å². The maximum Gasteiger partial charge on any atom is 0.256 e. The fourth-order valence-electron chi connectivity index (χ4n) is 1.95. The van der Waals surface area contributed by atoms with Gasteiger partial charge in [0, 0.05) is 31.7 Å². The minimum atomic E-state index is -0.804. The third-order valence-corrected chi connectivity index (χ3v) is 2.82. The summed E-state index contributed by atoms with van der Waals surface area (Å²) < 4.78 is 26.2. The molecule has 2 rings (SSSR count). The molecular weight excluding hydrogens is 262 g/mol. The van der Waals surface area contributed by atoms with Gasteiger partial charge in [0.2, 0.25) is 0 Å². The van der Waals surface area contributed by atoms with E-state index in [0.717, 1.165) is 12.1 Å². The molecule has 3 nitrogen and oxygen atoms in total. The Bertz CT molecular complexity index is 442. The Morgan fingerprint density at radius 2 is 2.17 bits per heavy atom. The number of hydrogen-bond donors (Lipinski definition) is 1. The summed E-state index contributed by atoms with van der Waals surface area (Å²) in [4.78, 5) is 13.6. The van der Waals surface area contributed by atoms with Crippen molar-refractivity contribution in [1.29, 1.82) is 0 Å². The second kappa shape index (κ2) is 6.11. The molecule has 0 unspecified atom stereocenters. The third-order valence-electron chi connectivity index (χ3n) is 2.82. The minimum absolute atomic E-state index is 0. The van der Waals surface area contributed by atoms with Gasteiger partial charge >= 0.3 is 0 Å². The van der Waals surface area contributed by atoms with Crippen LogP contribution in [0.4, 0.5) is 8.78 Å². The van der Waals surface area contributed by atoms with Gasteiger partial charge < -0.3 is 10.2 Å². The number of hydrogen-bond acceptors (Lipinski definition) is 2. The molecule has 0 radical (unpaired) electrons. The third kappa shape index (κ3) is 3.17. The number of rotatable bonds is 1. The van der Waals surface area contributed by atoms with Crippen molar-refractivity contribution in [2.45, 2.75) is 13.0 Å². The summed E-state index contributed by atoms with van der Waals surface area (Å²) in [5.41, 5.74) is -0.0690. The molecule has 6 heteroatoms. The number of nitrogens with one attached hydrogen (secondary N) is 1. The van der Waals surface area contributed by atoms with Crippen molar-refractivity contribution in [2.24, 2.45) is 0 Å². The van der Waals surface area contributed by atoms with Crippen LogP contribution in [-0.4, -0.2) is 36.5 Å². The first-order valence-corrected chi connectivity index (χ1v) is 5.55. The topological polar surface area (TPSA) is 32.3 Å². The SMILES string of the molecule is C[C@@H]1CN(C(=O)c2ccc(F)cc2F)CCN1.Cl. The normalized spacial score (nSPS) is 19.3. The van der Waals surface area contributed by atoms with Gasteiger partial charge in [0.15, 0.2) is 0 Å². The molecule has 1 aromatic rings. The molecule has 18 heavy (non-hydrogen) atoms. The van der Waals surface area contributed by atoms with Crippen LogP contribution in [0.2, 0.25) is 0 Å². The average molecular weight is 277 g/mol. The Morgan fingerprint density at radius 1 is 1.44 bits per heavy atom. The molecule has 1 aromatic carbocycles. The molecule has 1 heterocycles. The molecule has 0 saturated carbocycles. The zero-order valence-electron chi connectivity index (χ0n) is 9.95. The van der Waals surface area contributed by atoms with Gasteiger partial charge in [-0.05, 0) is 19.1 Å². The molecule has 100 valence electrons. The number of halogens is 3. The summed E-state index contributed by atoms with van der Waals surface area (Å²) in [6.45, 7) is 3.73. The van der Waals surface area contributed by atoms with Crippen LogP contribution in [0.5, 0.6) is 0 Å². The van der Waals surface area contributed by atoms with Crippen LogP contribution >= 0.6 is 12.4 Å². The molecule has 1 atom stereocenters. The fourth-order valence-corrected chi connectivity index (χ4v) is 1.95. The van der Waals surface area contributed by atoms with Gasteiger partial charge in [0.25, 0.3) is 5.91 Å². The summed E-state index contributed by atoms with van der Waals surface area (Å²) >= 11 is 0. The highest BCUT2D eigenvalue weighted by atomic mass is 35.5. The number of piperazine rings is 1. The largest absolute Gasteiger partial charge is 0.336 e. The van der Waals surface area contributed by atoms with E-state index in [1.165, 1.54) is 6.07 Å². The second-order valence-electron chi connectivity index (χ2n) is 4.23. The van der Waals surface area contributed by atoms with E-state index in [-0.39, 0.29) is 29.9 Å². The van der Waals surface area contributed by atoms with Crippen molar-refractivity contribution >= 4 is 18.3 Å². The molecule has 1 amide bonds. The van der Waals surface area contributed by atoms with Gasteiger partial charge in [-0.1, -0.05) is 0 Å². The number of nitrogens with zero attached hydrogens (tertiary/aromatic N) is 1. The van der Waals surface area contributed by atoms with Crippen LogP contribution in [0.15, 0.2) is 18.2 Å². The highest BCUT2D eigenvalue weighted by molar-refractivity contribution is 5.94. The van der Waals surface area contributed by atoms with Crippen LogP contribution in [0, 0.1) is 11.6 Å². The molecule has 1 aliphatic heterocycles. The maximum absolute atomic E-state index is 13.4. The average Bonchev–Trinajstić information content (AvgIpc) is 2.28. The summed E-state index contributed by atoms with van der Waals surface area (Å²) in [5, 5.41) is 3.19. The van der Waals surface area contributed by atoms with Crippen molar-refractivity contribution in [3.8, 4) is 0 Å². The van der Waals surface area contributed by atoms with E-state index in [2.05, 4.69) is 5.32 Å². The van der Waals surface area contributed by atoms with E-state index >= 15 is 0 Å². The van der Waals surface area contributed by atoms with Crippen molar-refractivity contribution in [2.75, 3.05) is 19.6 Å². The summed E-state index contributed by atoms with van der Waals surface area (Å²) in [5.74, 6) is -1.86. The predicted octanol–water partition coefficient (Wildman–Crippen LogP) is 1.82. The number of carbonyl (C=O) groups is 1. The number of benzene rings is 1. The van der Waals surface area contributed by atoms with E-state index in [9.17, 15) is 13.6 Å². The van der Waals surface area contributed by atoms with Crippen LogP contribution in [-0.2, 0) is 0 Å². The van der Waals surface area contributed by atoms with Gasteiger partial charge in [-0.2, -0.15) is 0 Å². The van der Waals surface area contributed by atoms with Crippen molar-refractivity contribution in [1.82, 2.24) is 10.2 Å². The summed E-state index contributed by atoms with van der Waals surface area (Å²) in [6, 6.07) is 3.22. The molecule has 0 aliphatic carbocycles. The van der Waals surface area contributed by atoms with Gasteiger partial charge in [-0.25, -0.2) is 8.78 Å². The molecule has 1 fully saturated rings. The van der Waals surface area contributed by atoms with E-state index < -0.39 is 11.6 Å². The quantitative estimate of drug-likeness (QED) is 0.849. The van der Waals surface area contributed by atoms with Gasteiger partial charge in [-0.15, -0.1) is 12.4 Å². The van der Waals surface area contributed by atoms with Gasteiger partial charge in [0.05, 0.1) is 5.56 Å². The summed E-state index contributed by atoms with van der Waals surface area (Å²) in [7, 11) is 0. The molecule has 1 saturated heterocycles.